The van der Waals surface area contributed by atoms with Crippen LogP contribution in [0.4, 0.5) is 15.2 Å². The van der Waals surface area contributed by atoms with Crippen LogP contribution in [0, 0.1) is 5.82 Å². The lowest BCUT2D eigenvalue weighted by molar-refractivity contribution is -0.121. The lowest BCUT2D eigenvalue weighted by atomic mass is 10.1. The number of aromatic nitrogens is 1. The number of halogens is 1. The molecule has 29 heavy (non-hydrogen) atoms. The average molecular weight is 411 g/mol. The van der Waals surface area contributed by atoms with E-state index in [0.29, 0.717) is 28.8 Å². The number of carbonyl (C=O) groups is 2. The molecule has 1 aliphatic heterocycles. The van der Waals surface area contributed by atoms with Crippen LogP contribution in [-0.4, -0.2) is 29.9 Å². The van der Waals surface area contributed by atoms with E-state index in [-0.39, 0.29) is 18.1 Å². The van der Waals surface area contributed by atoms with Gasteiger partial charge in [0.15, 0.2) is 11.7 Å². The van der Waals surface area contributed by atoms with Gasteiger partial charge < -0.3 is 9.64 Å². The van der Waals surface area contributed by atoms with Crippen molar-refractivity contribution in [2.24, 2.45) is 0 Å². The number of benzene rings is 2. The van der Waals surface area contributed by atoms with Crippen LogP contribution in [0.5, 0.6) is 5.75 Å². The third-order valence-corrected chi connectivity index (χ3v) is 5.25. The molecule has 0 spiro atoms. The Balaban J connectivity index is 1.58. The Kier molecular flexibility index (Phi) is 5.26. The van der Waals surface area contributed by atoms with Crippen LogP contribution in [0.25, 0.3) is 11.3 Å². The van der Waals surface area contributed by atoms with Crippen LogP contribution in [0.3, 0.4) is 0 Å². The Labute approximate surface area is 171 Å². The van der Waals surface area contributed by atoms with Crippen molar-refractivity contribution in [3.63, 3.8) is 0 Å². The summed E-state index contributed by atoms with van der Waals surface area (Å²) in [6, 6.07) is 11.3. The Morgan fingerprint density at radius 3 is 2.93 bits per heavy atom. The second-order valence-electron chi connectivity index (χ2n) is 6.49. The Hall–Kier alpha value is -3.26. The summed E-state index contributed by atoms with van der Waals surface area (Å²) in [4.78, 5) is 30.6. The first-order chi connectivity index (χ1) is 14.1. The summed E-state index contributed by atoms with van der Waals surface area (Å²) in [5.41, 5.74) is 2.12. The van der Waals surface area contributed by atoms with E-state index in [1.165, 1.54) is 29.5 Å². The van der Waals surface area contributed by atoms with Crippen LogP contribution in [0.2, 0.25) is 0 Å². The number of carbonyl (C=O) groups excluding carboxylic acids is 2. The minimum absolute atomic E-state index is 0.0370. The summed E-state index contributed by atoms with van der Waals surface area (Å²) in [7, 11) is 0. The van der Waals surface area contributed by atoms with Crippen molar-refractivity contribution < 1.29 is 18.7 Å². The van der Waals surface area contributed by atoms with Gasteiger partial charge in [0.1, 0.15) is 11.6 Å². The van der Waals surface area contributed by atoms with Crippen LogP contribution < -0.4 is 15.0 Å². The zero-order valence-corrected chi connectivity index (χ0v) is 16.5. The van der Waals surface area contributed by atoms with Gasteiger partial charge in [0, 0.05) is 17.5 Å². The molecule has 0 bridgehead atoms. The highest BCUT2D eigenvalue weighted by Gasteiger charge is 2.25. The summed E-state index contributed by atoms with van der Waals surface area (Å²) in [5, 5.41) is 4.79. The van der Waals surface area contributed by atoms with E-state index in [9.17, 15) is 14.0 Å². The number of anilines is 2. The zero-order valence-electron chi connectivity index (χ0n) is 15.6. The van der Waals surface area contributed by atoms with Gasteiger partial charge in [-0.2, -0.15) is 0 Å². The minimum atomic E-state index is -0.586. The van der Waals surface area contributed by atoms with E-state index < -0.39 is 11.7 Å². The van der Waals surface area contributed by atoms with E-state index in [0.717, 1.165) is 12.0 Å². The zero-order chi connectivity index (χ0) is 20.4. The fourth-order valence-electron chi connectivity index (χ4n) is 3.10. The number of amides is 2. The Morgan fingerprint density at radius 2 is 2.14 bits per heavy atom. The van der Waals surface area contributed by atoms with Gasteiger partial charge in [-0.15, -0.1) is 11.3 Å². The number of nitrogens with one attached hydrogen (secondary N) is 1. The molecule has 3 aromatic rings. The second kappa shape index (κ2) is 8.00. The van der Waals surface area contributed by atoms with E-state index >= 15 is 0 Å². The fraction of sp³-hybridized carbons (Fsp3) is 0.190. The van der Waals surface area contributed by atoms with Crippen molar-refractivity contribution in [2.75, 3.05) is 23.4 Å². The van der Waals surface area contributed by atoms with Crippen molar-refractivity contribution in [3.05, 3.63) is 59.2 Å². The van der Waals surface area contributed by atoms with Gasteiger partial charge in [0.2, 0.25) is 0 Å². The molecule has 0 radical (unpaired) electrons. The van der Waals surface area contributed by atoms with Gasteiger partial charge in [-0.3, -0.25) is 14.9 Å². The second-order valence-corrected chi connectivity index (χ2v) is 7.35. The number of hydrogen-bond acceptors (Lipinski definition) is 5. The smallest absolute Gasteiger partial charge is 0.265 e. The molecule has 0 saturated heterocycles. The number of ether oxygens (including phenoxy) is 1. The number of thiazole rings is 1. The molecular formula is C21H18FN3O3S. The number of fused-ring (bicyclic) bond motifs is 1. The normalized spacial score (nSPS) is 13.0. The SMILES string of the molecule is CCCN1C(=O)COc2ccc(-c3csc(NC(=O)c4ccccc4F)n3)cc21. The van der Waals surface area contributed by atoms with Crippen LogP contribution in [0.15, 0.2) is 47.8 Å². The highest BCUT2D eigenvalue weighted by molar-refractivity contribution is 7.14. The first-order valence-electron chi connectivity index (χ1n) is 9.16. The van der Waals surface area contributed by atoms with Gasteiger partial charge in [0.25, 0.3) is 11.8 Å². The fourth-order valence-corrected chi connectivity index (χ4v) is 3.82. The van der Waals surface area contributed by atoms with Gasteiger partial charge in [-0.1, -0.05) is 19.1 Å². The Bertz CT molecular complexity index is 1080. The minimum Gasteiger partial charge on any atom is -0.482 e. The molecule has 2 aromatic carbocycles. The number of rotatable bonds is 5. The van der Waals surface area contributed by atoms with Crippen molar-refractivity contribution in [3.8, 4) is 17.0 Å². The number of nitrogens with zero attached hydrogens (tertiary/aromatic N) is 2. The first kappa shape index (κ1) is 19.1. The van der Waals surface area contributed by atoms with Crippen molar-refractivity contribution in [1.82, 2.24) is 4.98 Å². The van der Waals surface area contributed by atoms with E-state index in [1.807, 2.05) is 25.1 Å². The standard InChI is InChI=1S/C21H18FN3O3S/c1-2-9-25-17-10-13(7-8-18(17)28-11-19(25)26)16-12-29-21(23-16)24-20(27)14-5-3-4-6-15(14)22/h3-8,10,12H,2,9,11H2,1H3,(H,23,24,27). The molecule has 8 heteroatoms. The topological polar surface area (TPSA) is 71.5 Å². The molecular weight excluding hydrogens is 393 g/mol. The monoisotopic (exact) mass is 411 g/mol. The highest BCUT2D eigenvalue weighted by atomic mass is 32.1. The summed E-state index contributed by atoms with van der Waals surface area (Å²) in [6.45, 7) is 2.66. The summed E-state index contributed by atoms with van der Waals surface area (Å²) in [6.07, 6.45) is 0.832. The predicted molar refractivity (Wildman–Crippen MR) is 110 cm³/mol. The molecule has 1 aliphatic rings. The lowest BCUT2D eigenvalue weighted by Crippen LogP contribution is -2.39. The molecule has 148 valence electrons. The predicted octanol–water partition coefficient (Wildman–Crippen LogP) is 4.34. The third-order valence-electron chi connectivity index (χ3n) is 4.49. The first-order valence-corrected chi connectivity index (χ1v) is 10.0. The van der Waals surface area contributed by atoms with Crippen LogP contribution >= 0.6 is 11.3 Å². The molecule has 0 saturated carbocycles. The molecule has 2 heterocycles. The highest BCUT2D eigenvalue weighted by Crippen LogP contribution is 2.37. The van der Waals surface area contributed by atoms with Crippen molar-refractivity contribution >= 4 is 34.0 Å². The molecule has 0 unspecified atom stereocenters. The molecule has 0 fully saturated rings. The van der Waals surface area contributed by atoms with Gasteiger partial charge in [0.05, 0.1) is 16.9 Å². The molecule has 4 rings (SSSR count). The quantitative estimate of drug-likeness (QED) is 0.678. The van der Waals surface area contributed by atoms with Crippen LogP contribution in [0.1, 0.15) is 23.7 Å². The van der Waals surface area contributed by atoms with Gasteiger partial charge in [-0.25, -0.2) is 9.37 Å². The molecule has 2 amide bonds. The summed E-state index contributed by atoms with van der Waals surface area (Å²) < 4.78 is 19.3. The molecule has 6 nitrogen and oxygen atoms in total. The van der Waals surface area contributed by atoms with Crippen molar-refractivity contribution in [1.29, 1.82) is 0 Å². The maximum Gasteiger partial charge on any atom is 0.265 e. The summed E-state index contributed by atoms with van der Waals surface area (Å²) >= 11 is 1.24. The van der Waals surface area contributed by atoms with E-state index in [2.05, 4.69) is 10.3 Å². The van der Waals surface area contributed by atoms with Gasteiger partial charge in [-0.05, 0) is 36.8 Å². The maximum absolute atomic E-state index is 13.8. The maximum atomic E-state index is 13.8. The van der Waals surface area contributed by atoms with E-state index in [4.69, 9.17) is 4.74 Å². The Morgan fingerprint density at radius 1 is 1.31 bits per heavy atom. The molecule has 1 aromatic heterocycles. The molecule has 1 N–H and O–H groups in total. The third kappa shape index (κ3) is 3.84. The molecule has 0 atom stereocenters. The summed E-state index contributed by atoms with van der Waals surface area (Å²) in [5.74, 6) is -0.558. The largest absolute Gasteiger partial charge is 0.482 e. The van der Waals surface area contributed by atoms with Crippen molar-refractivity contribution in [2.45, 2.75) is 13.3 Å². The lowest BCUT2D eigenvalue weighted by Gasteiger charge is -2.29. The number of hydrogen-bond donors (Lipinski definition) is 1. The van der Waals surface area contributed by atoms with E-state index in [1.54, 1.807) is 16.3 Å². The van der Waals surface area contributed by atoms with Gasteiger partial charge >= 0.3 is 0 Å². The average Bonchev–Trinajstić information content (AvgIpc) is 3.18. The molecule has 0 aliphatic carbocycles. The van der Waals surface area contributed by atoms with Crippen LogP contribution in [-0.2, 0) is 4.79 Å².